The largest absolute Gasteiger partial charge is 0.466 e. The van der Waals surface area contributed by atoms with Gasteiger partial charge in [0.15, 0.2) is 0 Å². The second-order valence-electron chi connectivity index (χ2n) is 5.60. The minimum atomic E-state index is -0.393. The molecule has 0 heterocycles. The fourth-order valence-electron chi connectivity index (χ4n) is 1.96. The van der Waals surface area contributed by atoms with E-state index in [-0.39, 0.29) is 5.97 Å². The smallest absolute Gasteiger partial charge is 0.311 e. The summed E-state index contributed by atoms with van der Waals surface area (Å²) in [5.41, 5.74) is 0.800. The van der Waals surface area contributed by atoms with Crippen LogP contribution in [-0.2, 0) is 20.9 Å². The van der Waals surface area contributed by atoms with Crippen LogP contribution in [0.1, 0.15) is 45.6 Å². The average molecular weight is 306 g/mol. The molecule has 0 bridgehead atoms. The summed E-state index contributed by atoms with van der Waals surface area (Å²) in [6.45, 7) is 13.6. The van der Waals surface area contributed by atoms with Gasteiger partial charge in [0.1, 0.15) is 0 Å². The first-order valence-electron chi connectivity index (χ1n) is 7.85. The monoisotopic (exact) mass is 306 g/mol. The molecule has 1 aromatic carbocycles. The molecular weight excluding hydrogens is 276 g/mol. The third-order valence-electron chi connectivity index (χ3n) is 3.28. The van der Waals surface area contributed by atoms with E-state index in [0.29, 0.717) is 13.2 Å². The van der Waals surface area contributed by atoms with Crippen LogP contribution < -0.4 is 0 Å². The van der Waals surface area contributed by atoms with Gasteiger partial charge in [0, 0.05) is 6.61 Å². The Balaban J connectivity index is 0.00000211. The van der Waals surface area contributed by atoms with E-state index in [4.69, 9.17) is 9.47 Å². The van der Waals surface area contributed by atoms with Gasteiger partial charge in [-0.1, -0.05) is 36.8 Å². The number of unbranched alkanes of at least 4 members (excludes halogenated alkanes) is 1. The van der Waals surface area contributed by atoms with Crippen LogP contribution in [0.3, 0.4) is 0 Å². The van der Waals surface area contributed by atoms with Crippen LogP contribution in [0.4, 0.5) is 0 Å². The zero-order valence-electron chi connectivity index (χ0n) is 14.3. The Morgan fingerprint density at radius 3 is 2.36 bits per heavy atom. The third-order valence-corrected chi connectivity index (χ3v) is 3.28. The SMILES string of the molecule is C=C.CCOC(=O)C(C)(C)CCCCOCc1ccccc1. The van der Waals surface area contributed by atoms with Gasteiger partial charge in [0.25, 0.3) is 0 Å². The zero-order chi connectivity index (χ0) is 16.8. The average Bonchev–Trinajstić information content (AvgIpc) is 2.54. The highest BCUT2D eigenvalue weighted by Crippen LogP contribution is 2.25. The summed E-state index contributed by atoms with van der Waals surface area (Å²) in [6, 6.07) is 10.1. The van der Waals surface area contributed by atoms with Crippen LogP contribution in [0.15, 0.2) is 43.5 Å². The van der Waals surface area contributed by atoms with Crippen molar-refractivity contribution in [2.75, 3.05) is 13.2 Å². The van der Waals surface area contributed by atoms with Gasteiger partial charge in [-0.15, -0.1) is 13.2 Å². The zero-order valence-corrected chi connectivity index (χ0v) is 14.3. The van der Waals surface area contributed by atoms with Crippen LogP contribution in [0.2, 0.25) is 0 Å². The molecule has 3 nitrogen and oxygen atoms in total. The quantitative estimate of drug-likeness (QED) is 0.375. The Morgan fingerprint density at radius 1 is 1.14 bits per heavy atom. The summed E-state index contributed by atoms with van der Waals surface area (Å²) < 4.78 is 10.7. The Kier molecular flexibility index (Phi) is 11.1. The van der Waals surface area contributed by atoms with Crippen LogP contribution in [0, 0.1) is 5.41 Å². The van der Waals surface area contributed by atoms with Crippen LogP contribution in [0.25, 0.3) is 0 Å². The Hall–Kier alpha value is -1.61. The van der Waals surface area contributed by atoms with Gasteiger partial charge in [-0.2, -0.15) is 0 Å². The van der Waals surface area contributed by atoms with Gasteiger partial charge in [-0.3, -0.25) is 4.79 Å². The van der Waals surface area contributed by atoms with E-state index in [1.807, 2.05) is 39.0 Å². The normalized spacial score (nSPS) is 10.5. The molecule has 0 fully saturated rings. The van der Waals surface area contributed by atoms with Crippen LogP contribution >= 0.6 is 0 Å². The van der Waals surface area contributed by atoms with Crippen molar-refractivity contribution >= 4 is 5.97 Å². The van der Waals surface area contributed by atoms with Crippen molar-refractivity contribution in [3.8, 4) is 0 Å². The highest BCUT2D eigenvalue weighted by Gasteiger charge is 2.28. The van der Waals surface area contributed by atoms with E-state index in [9.17, 15) is 4.79 Å². The van der Waals surface area contributed by atoms with Gasteiger partial charge in [0.05, 0.1) is 18.6 Å². The second-order valence-corrected chi connectivity index (χ2v) is 5.60. The highest BCUT2D eigenvalue weighted by atomic mass is 16.5. The van der Waals surface area contributed by atoms with E-state index >= 15 is 0 Å². The van der Waals surface area contributed by atoms with Crippen LogP contribution in [-0.4, -0.2) is 19.2 Å². The van der Waals surface area contributed by atoms with Gasteiger partial charge in [-0.05, 0) is 39.2 Å². The minimum absolute atomic E-state index is 0.106. The summed E-state index contributed by atoms with van der Waals surface area (Å²) in [7, 11) is 0. The molecule has 0 atom stereocenters. The Labute approximate surface area is 135 Å². The summed E-state index contributed by atoms with van der Waals surface area (Å²) in [6.07, 6.45) is 2.77. The molecule has 0 aromatic heterocycles. The summed E-state index contributed by atoms with van der Waals surface area (Å²) in [5, 5.41) is 0. The first-order valence-corrected chi connectivity index (χ1v) is 7.85. The molecule has 1 rings (SSSR count). The summed E-state index contributed by atoms with van der Waals surface area (Å²) in [4.78, 5) is 11.7. The second kappa shape index (κ2) is 12.0. The van der Waals surface area contributed by atoms with Gasteiger partial charge in [-0.25, -0.2) is 0 Å². The van der Waals surface area contributed by atoms with E-state index < -0.39 is 5.41 Å². The van der Waals surface area contributed by atoms with Crippen molar-refractivity contribution in [2.45, 2.75) is 46.6 Å². The molecule has 1 aromatic rings. The van der Waals surface area contributed by atoms with E-state index in [0.717, 1.165) is 25.9 Å². The maximum Gasteiger partial charge on any atom is 0.311 e. The summed E-state index contributed by atoms with van der Waals surface area (Å²) >= 11 is 0. The number of ether oxygens (including phenoxy) is 2. The molecule has 3 heteroatoms. The van der Waals surface area contributed by atoms with E-state index in [1.165, 1.54) is 5.56 Å². The van der Waals surface area contributed by atoms with Crippen molar-refractivity contribution in [1.29, 1.82) is 0 Å². The topological polar surface area (TPSA) is 35.5 Å². The molecule has 0 radical (unpaired) electrons. The standard InChI is InChI=1S/C17H26O3.C2H4/c1-4-20-16(18)17(2,3)12-8-9-13-19-14-15-10-6-5-7-11-15;1-2/h5-7,10-11H,4,8-9,12-14H2,1-3H3;1-2H2. The number of carbonyl (C=O) groups excluding carboxylic acids is 1. The van der Waals surface area contributed by atoms with Crippen molar-refractivity contribution in [3.63, 3.8) is 0 Å². The predicted octanol–water partition coefficient (Wildman–Crippen LogP) is 4.77. The third kappa shape index (κ3) is 8.63. The number of esters is 1. The number of benzene rings is 1. The van der Waals surface area contributed by atoms with Crippen molar-refractivity contribution < 1.29 is 14.3 Å². The van der Waals surface area contributed by atoms with E-state index in [2.05, 4.69) is 25.3 Å². The molecule has 0 saturated carbocycles. The summed E-state index contributed by atoms with van der Waals surface area (Å²) in [5.74, 6) is -0.106. The fraction of sp³-hybridized carbons (Fsp3) is 0.526. The number of carbonyl (C=O) groups is 1. The lowest BCUT2D eigenvalue weighted by atomic mass is 9.87. The lowest BCUT2D eigenvalue weighted by Gasteiger charge is -2.21. The van der Waals surface area contributed by atoms with Crippen molar-refractivity contribution in [3.05, 3.63) is 49.1 Å². The molecule has 0 N–H and O–H groups in total. The van der Waals surface area contributed by atoms with Crippen LogP contribution in [0.5, 0.6) is 0 Å². The molecule has 0 aliphatic rings. The predicted molar refractivity (Wildman–Crippen MR) is 91.6 cm³/mol. The first kappa shape index (κ1) is 20.4. The maximum atomic E-state index is 11.7. The molecule has 0 unspecified atom stereocenters. The number of hydrogen-bond donors (Lipinski definition) is 0. The fourth-order valence-corrected chi connectivity index (χ4v) is 1.96. The number of rotatable bonds is 9. The minimum Gasteiger partial charge on any atom is -0.466 e. The Morgan fingerprint density at radius 2 is 1.77 bits per heavy atom. The highest BCUT2D eigenvalue weighted by molar-refractivity contribution is 5.75. The lowest BCUT2D eigenvalue weighted by molar-refractivity contribution is -0.153. The molecule has 124 valence electrons. The molecule has 22 heavy (non-hydrogen) atoms. The molecular formula is C19H30O3. The molecule has 0 saturated heterocycles. The van der Waals surface area contributed by atoms with Gasteiger partial charge < -0.3 is 9.47 Å². The molecule has 0 spiro atoms. The van der Waals surface area contributed by atoms with E-state index in [1.54, 1.807) is 0 Å². The van der Waals surface area contributed by atoms with Crippen molar-refractivity contribution in [1.82, 2.24) is 0 Å². The van der Waals surface area contributed by atoms with Gasteiger partial charge in [0.2, 0.25) is 0 Å². The first-order chi connectivity index (χ1) is 10.6. The number of hydrogen-bond acceptors (Lipinski definition) is 3. The maximum absolute atomic E-state index is 11.7. The molecule has 0 amide bonds. The van der Waals surface area contributed by atoms with Crippen molar-refractivity contribution in [2.24, 2.45) is 5.41 Å². The Bertz CT molecular complexity index is 398. The van der Waals surface area contributed by atoms with Gasteiger partial charge >= 0.3 is 5.97 Å². The molecule has 0 aliphatic carbocycles. The lowest BCUT2D eigenvalue weighted by Crippen LogP contribution is -2.26. The molecule has 0 aliphatic heterocycles.